The van der Waals surface area contributed by atoms with Crippen molar-refractivity contribution in [2.75, 3.05) is 26.8 Å². The van der Waals surface area contributed by atoms with Crippen molar-refractivity contribution >= 4 is 11.9 Å². The van der Waals surface area contributed by atoms with E-state index in [0.29, 0.717) is 32.5 Å². The maximum absolute atomic E-state index is 11.4. The number of likely N-dealkylation sites (tertiary alicyclic amines) is 1. The molecule has 0 spiro atoms. The number of nitrogens with zero attached hydrogens (tertiary/aromatic N) is 1. The van der Waals surface area contributed by atoms with Crippen LogP contribution in [-0.2, 0) is 14.3 Å². The van der Waals surface area contributed by atoms with Gasteiger partial charge in [0.2, 0.25) is 5.91 Å². The molecule has 1 heterocycles. The van der Waals surface area contributed by atoms with E-state index in [1.54, 1.807) is 4.90 Å². The number of carboxylic acid groups (broad SMARTS) is 1. The van der Waals surface area contributed by atoms with E-state index in [9.17, 15) is 9.59 Å². The fourth-order valence-corrected chi connectivity index (χ4v) is 1.54. The van der Waals surface area contributed by atoms with Gasteiger partial charge in [-0.25, -0.2) is 0 Å². The molecular formula is C9H15NO4. The first-order valence-electron chi connectivity index (χ1n) is 4.64. The van der Waals surface area contributed by atoms with E-state index in [1.807, 2.05) is 0 Å². The van der Waals surface area contributed by atoms with Crippen LogP contribution in [0.5, 0.6) is 0 Å². The molecule has 0 radical (unpaired) electrons. The van der Waals surface area contributed by atoms with E-state index < -0.39 is 5.97 Å². The summed E-state index contributed by atoms with van der Waals surface area (Å²) in [4.78, 5) is 23.6. The smallest absolute Gasteiger partial charge is 0.308 e. The van der Waals surface area contributed by atoms with Gasteiger partial charge >= 0.3 is 5.97 Å². The molecule has 5 heteroatoms. The van der Waals surface area contributed by atoms with Crippen molar-refractivity contribution in [3.05, 3.63) is 0 Å². The summed E-state index contributed by atoms with van der Waals surface area (Å²) in [5.74, 6) is -1.22. The van der Waals surface area contributed by atoms with E-state index in [2.05, 4.69) is 0 Å². The minimum atomic E-state index is -0.813. The molecule has 1 saturated heterocycles. The number of hydrogen-bond donors (Lipinski definition) is 1. The van der Waals surface area contributed by atoms with Gasteiger partial charge in [-0.1, -0.05) is 0 Å². The summed E-state index contributed by atoms with van der Waals surface area (Å²) in [7, 11) is 1.54. The van der Waals surface area contributed by atoms with Gasteiger partial charge < -0.3 is 14.7 Å². The summed E-state index contributed by atoms with van der Waals surface area (Å²) in [6, 6.07) is 0. The first-order valence-corrected chi connectivity index (χ1v) is 4.64. The van der Waals surface area contributed by atoms with E-state index >= 15 is 0 Å². The maximum Gasteiger partial charge on any atom is 0.308 e. The lowest BCUT2D eigenvalue weighted by molar-refractivity contribution is -0.141. The van der Waals surface area contributed by atoms with Crippen molar-refractivity contribution in [3.8, 4) is 0 Å². The molecule has 0 bridgehead atoms. The van der Waals surface area contributed by atoms with Gasteiger partial charge in [-0.2, -0.15) is 0 Å². The minimum absolute atomic E-state index is 0.0180. The molecule has 1 atom stereocenters. The third-order valence-corrected chi connectivity index (χ3v) is 2.41. The predicted octanol–water partition coefficient (Wildman–Crippen LogP) is -0.0440. The van der Waals surface area contributed by atoms with Crippen LogP contribution in [-0.4, -0.2) is 48.7 Å². The Morgan fingerprint density at radius 2 is 2.29 bits per heavy atom. The van der Waals surface area contributed by atoms with Crippen LogP contribution < -0.4 is 0 Å². The summed E-state index contributed by atoms with van der Waals surface area (Å²) in [5, 5.41) is 8.73. The summed E-state index contributed by atoms with van der Waals surface area (Å²) in [5.41, 5.74) is 0. The zero-order valence-electron chi connectivity index (χ0n) is 8.23. The molecule has 0 aliphatic carbocycles. The third kappa shape index (κ3) is 2.70. The van der Waals surface area contributed by atoms with Gasteiger partial charge in [0.1, 0.15) is 0 Å². The van der Waals surface area contributed by atoms with Gasteiger partial charge in [0.15, 0.2) is 0 Å². The van der Waals surface area contributed by atoms with Crippen LogP contribution in [0.2, 0.25) is 0 Å². The molecule has 1 unspecified atom stereocenters. The molecule has 0 saturated carbocycles. The Bertz CT molecular complexity index is 229. The standard InChI is InChI=1S/C9H15NO4/c1-14-5-3-8(11)10-4-2-7(6-10)9(12)13/h7H,2-6H2,1H3,(H,12,13). The summed E-state index contributed by atoms with van der Waals surface area (Å²) < 4.78 is 4.78. The number of ether oxygens (including phenoxy) is 1. The van der Waals surface area contributed by atoms with E-state index in [4.69, 9.17) is 9.84 Å². The number of aliphatic carboxylic acids is 1. The van der Waals surface area contributed by atoms with Gasteiger partial charge in [-0.15, -0.1) is 0 Å². The van der Waals surface area contributed by atoms with Crippen LogP contribution in [0.1, 0.15) is 12.8 Å². The molecule has 0 aromatic rings. The maximum atomic E-state index is 11.4. The van der Waals surface area contributed by atoms with Gasteiger partial charge in [0.05, 0.1) is 18.9 Å². The predicted molar refractivity (Wildman–Crippen MR) is 48.8 cm³/mol. The summed E-state index contributed by atoms with van der Waals surface area (Å²) in [6.45, 7) is 1.30. The van der Waals surface area contributed by atoms with Gasteiger partial charge in [-0.3, -0.25) is 9.59 Å². The number of carboxylic acids is 1. The summed E-state index contributed by atoms with van der Waals surface area (Å²) >= 11 is 0. The second kappa shape index (κ2) is 4.95. The molecule has 0 aromatic heterocycles. The lowest BCUT2D eigenvalue weighted by Crippen LogP contribution is -2.30. The fourth-order valence-electron chi connectivity index (χ4n) is 1.54. The Hall–Kier alpha value is -1.10. The molecule has 5 nitrogen and oxygen atoms in total. The molecule has 1 amide bonds. The van der Waals surface area contributed by atoms with E-state index in [-0.39, 0.29) is 11.8 Å². The number of amides is 1. The Balaban J connectivity index is 2.34. The molecular weight excluding hydrogens is 186 g/mol. The van der Waals surface area contributed by atoms with Crippen LogP contribution in [0.3, 0.4) is 0 Å². The summed E-state index contributed by atoms with van der Waals surface area (Å²) in [6.07, 6.45) is 0.900. The normalized spacial score (nSPS) is 21.2. The molecule has 14 heavy (non-hydrogen) atoms. The number of carbonyl (C=O) groups is 2. The number of methoxy groups -OCH3 is 1. The average Bonchev–Trinajstić information content (AvgIpc) is 2.62. The largest absolute Gasteiger partial charge is 0.481 e. The molecule has 1 fully saturated rings. The van der Waals surface area contributed by atoms with Crippen LogP contribution >= 0.6 is 0 Å². The monoisotopic (exact) mass is 201 g/mol. The highest BCUT2D eigenvalue weighted by molar-refractivity contribution is 5.78. The van der Waals surface area contributed by atoms with Gasteiger partial charge in [-0.05, 0) is 6.42 Å². The molecule has 1 aliphatic heterocycles. The lowest BCUT2D eigenvalue weighted by Gasteiger charge is -2.15. The Kier molecular flexibility index (Phi) is 3.88. The van der Waals surface area contributed by atoms with Crippen molar-refractivity contribution in [1.29, 1.82) is 0 Å². The molecule has 0 aromatic carbocycles. The first-order chi connectivity index (χ1) is 6.65. The number of rotatable bonds is 4. The SMILES string of the molecule is COCCC(=O)N1CCC(C(=O)O)C1. The molecule has 1 aliphatic rings. The first kappa shape index (κ1) is 11.0. The third-order valence-electron chi connectivity index (χ3n) is 2.41. The lowest BCUT2D eigenvalue weighted by atomic mass is 10.1. The zero-order valence-corrected chi connectivity index (χ0v) is 8.23. The van der Waals surface area contributed by atoms with Crippen LogP contribution in [0.4, 0.5) is 0 Å². The molecule has 80 valence electrons. The van der Waals surface area contributed by atoms with Crippen LogP contribution in [0.25, 0.3) is 0 Å². The second-order valence-corrected chi connectivity index (χ2v) is 3.41. The Morgan fingerprint density at radius 1 is 1.57 bits per heavy atom. The van der Waals surface area contributed by atoms with Crippen molar-refractivity contribution in [1.82, 2.24) is 4.90 Å². The van der Waals surface area contributed by atoms with Crippen molar-refractivity contribution in [2.24, 2.45) is 5.92 Å². The number of hydrogen-bond acceptors (Lipinski definition) is 3. The topological polar surface area (TPSA) is 66.8 Å². The highest BCUT2D eigenvalue weighted by atomic mass is 16.5. The second-order valence-electron chi connectivity index (χ2n) is 3.41. The van der Waals surface area contributed by atoms with Crippen LogP contribution in [0, 0.1) is 5.92 Å². The van der Waals surface area contributed by atoms with Crippen LogP contribution in [0.15, 0.2) is 0 Å². The Morgan fingerprint density at radius 3 is 2.79 bits per heavy atom. The Labute approximate surface area is 82.6 Å². The highest BCUT2D eigenvalue weighted by Gasteiger charge is 2.30. The van der Waals surface area contributed by atoms with Crippen molar-refractivity contribution in [3.63, 3.8) is 0 Å². The van der Waals surface area contributed by atoms with Crippen molar-refractivity contribution in [2.45, 2.75) is 12.8 Å². The van der Waals surface area contributed by atoms with Crippen molar-refractivity contribution < 1.29 is 19.4 Å². The number of carbonyl (C=O) groups excluding carboxylic acids is 1. The quantitative estimate of drug-likeness (QED) is 0.692. The average molecular weight is 201 g/mol. The van der Waals surface area contributed by atoms with E-state index in [0.717, 1.165) is 0 Å². The zero-order chi connectivity index (χ0) is 10.6. The van der Waals surface area contributed by atoms with Gasteiger partial charge in [0.25, 0.3) is 0 Å². The van der Waals surface area contributed by atoms with Gasteiger partial charge in [0, 0.05) is 20.2 Å². The van der Waals surface area contributed by atoms with E-state index in [1.165, 1.54) is 7.11 Å². The fraction of sp³-hybridized carbons (Fsp3) is 0.778. The minimum Gasteiger partial charge on any atom is -0.481 e. The molecule has 1 rings (SSSR count). The molecule has 1 N–H and O–H groups in total. The highest BCUT2D eigenvalue weighted by Crippen LogP contribution is 2.16.